The third kappa shape index (κ3) is 4.15. The molecule has 2 amide bonds. The number of likely N-dealkylation sites (tertiary alicyclic amines) is 2. The zero-order chi connectivity index (χ0) is 18.0. The van der Waals surface area contributed by atoms with Crippen LogP contribution in [0, 0.1) is 5.92 Å². The van der Waals surface area contributed by atoms with E-state index in [1.165, 1.54) is 6.42 Å². The van der Waals surface area contributed by atoms with Gasteiger partial charge in [0.05, 0.1) is 12.2 Å². The number of hydrogen-bond acceptors (Lipinski definition) is 4. The molecule has 0 aliphatic carbocycles. The van der Waals surface area contributed by atoms with Gasteiger partial charge in [-0.25, -0.2) is 4.79 Å². The van der Waals surface area contributed by atoms with Gasteiger partial charge in [0.25, 0.3) is 0 Å². The standard InChI is InChI=1S/C18H32N6O/c1-21(2)17(15-10-20-23(4)13-15)11-19-18(25)24-8-5-6-14-12-22(3)9-7-16(14)24/h10,13-14,16-17H,5-9,11-12H2,1-4H3,(H,19,25)/t14-,16+,17+/m0/s1. The largest absolute Gasteiger partial charge is 0.336 e. The Morgan fingerprint density at radius 2 is 2.16 bits per heavy atom. The quantitative estimate of drug-likeness (QED) is 0.887. The molecule has 0 unspecified atom stereocenters. The maximum atomic E-state index is 12.9. The Labute approximate surface area is 150 Å². The highest BCUT2D eigenvalue weighted by molar-refractivity contribution is 5.74. The van der Waals surface area contributed by atoms with Crippen molar-refractivity contribution in [2.75, 3.05) is 47.3 Å². The van der Waals surface area contributed by atoms with E-state index in [0.29, 0.717) is 18.5 Å². The molecule has 2 aliphatic heterocycles. The third-order valence-corrected chi connectivity index (χ3v) is 5.71. The number of carbonyl (C=O) groups excluding carboxylic acids is 1. The summed E-state index contributed by atoms with van der Waals surface area (Å²) in [5.41, 5.74) is 1.13. The van der Waals surface area contributed by atoms with E-state index < -0.39 is 0 Å². The molecule has 1 aromatic rings. The van der Waals surface area contributed by atoms with Gasteiger partial charge in [0.15, 0.2) is 0 Å². The van der Waals surface area contributed by atoms with Crippen molar-refractivity contribution < 1.29 is 4.79 Å². The number of aromatic nitrogens is 2. The number of aryl methyl sites for hydroxylation is 1. The number of nitrogens with zero attached hydrogens (tertiary/aromatic N) is 5. The van der Waals surface area contributed by atoms with E-state index >= 15 is 0 Å². The first-order chi connectivity index (χ1) is 12.0. The fourth-order valence-corrected chi connectivity index (χ4v) is 4.33. The molecule has 1 aromatic heterocycles. The van der Waals surface area contributed by atoms with E-state index in [1.54, 1.807) is 4.68 Å². The summed E-state index contributed by atoms with van der Waals surface area (Å²) in [5, 5.41) is 7.44. The van der Waals surface area contributed by atoms with Crippen LogP contribution in [0.3, 0.4) is 0 Å². The maximum Gasteiger partial charge on any atom is 0.317 e. The number of rotatable bonds is 4. The van der Waals surface area contributed by atoms with Crippen LogP contribution in [0.4, 0.5) is 4.79 Å². The minimum atomic E-state index is 0.0926. The SMILES string of the molecule is CN1CC[C@@H]2[C@@H](CCCN2C(=O)NC[C@H](c2cnn(C)c2)N(C)C)C1. The Hall–Kier alpha value is -1.60. The number of amides is 2. The number of piperidine rings is 2. The van der Waals surface area contributed by atoms with Crippen molar-refractivity contribution in [3.63, 3.8) is 0 Å². The highest BCUT2D eigenvalue weighted by Gasteiger charge is 2.37. The van der Waals surface area contributed by atoms with E-state index in [9.17, 15) is 4.79 Å². The third-order valence-electron chi connectivity index (χ3n) is 5.71. The fraction of sp³-hybridized carbons (Fsp3) is 0.778. The maximum absolute atomic E-state index is 12.9. The summed E-state index contributed by atoms with van der Waals surface area (Å²) in [6, 6.07) is 0.631. The number of carbonyl (C=O) groups is 1. The fourth-order valence-electron chi connectivity index (χ4n) is 4.33. The molecule has 3 atom stereocenters. The molecule has 0 saturated carbocycles. The molecular formula is C18H32N6O. The van der Waals surface area contributed by atoms with E-state index in [-0.39, 0.29) is 12.1 Å². The van der Waals surface area contributed by atoms with Crippen LogP contribution in [-0.4, -0.2) is 83.9 Å². The van der Waals surface area contributed by atoms with Gasteiger partial charge in [-0.1, -0.05) is 0 Å². The zero-order valence-corrected chi connectivity index (χ0v) is 16.0. The van der Waals surface area contributed by atoms with Crippen molar-refractivity contribution in [2.24, 2.45) is 13.0 Å². The second-order valence-electron chi connectivity index (χ2n) is 7.83. The van der Waals surface area contributed by atoms with E-state index in [4.69, 9.17) is 0 Å². The number of likely N-dealkylation sites (N-methyl/N-ethyl adjacent to an activating group) is 1. The lowest BCUT2D eigenvalue weighted by molar-refractivity contribution is 0.0528. The molecule has 25 heavy (non-hydrogen) atoms. The number of fused-ring (bicyclic) bond motifs is 1. The normalized spacial score (nSPS) is 25.7. The number of urea groups is 1. The highest BCUT2D eigenvalue weighted by atomic mass is 16.2. The van der Waals surface area contributed by atoms with Gasteiger partial charge in [0.2, 0.25) is 0 Å². The van der Waals surface area contributed by atoms with Crippen molar-refractivity contribution in [2.45, 2.75) is 31.3 Å². The molecule has 7 heteroatoms. The topological polar surface area (TPSA) is 56.6 Å². The lowest BCUT2D eigenvalue weighted by Gasteiger charge is -2.46. The Balaban J connectivity index is 1.61. The molecular weight excluding hydrogens is 316 g/mol. The highest BCUT2D eigenvalue weighted by Crippen LogP contribution is 2.30. The van der Waals surface area contributed by atoms with E-state index in [1.807, 2.05) is 33.5 Å². The van der Waals surface area contributed by atoms with E-state index in [0.717, 1.165) is 38.0 Å². The molecule has 0 spiro atoms. The summed E-state index contributed by atoms with van der Waals surface area (Å²) >= 11 is 0. The van der Waals surface area contributed by atoms with Crippen LogP contribution in [0.25, 0.3) is 0 Å². The van der Waals surface area contributed by atoms with Crippen LogP contribution in [0.1, 0.15) is 30.9 Å². The van der Waals surface area contributed by atoms with Crippen LogP contribution in [-0.2, 0) is 7.05 Å². The van der Waals surface area contributed by atoms with Gasteiger partial charge in [-0.3, -0.25) is 4.68 Å². The summed E-state index contributed by atoms with van der Waals surface area (Å²) in [4.78, 5) is 19.5. The number of nitrogens with one attached hydrogen (secondary N) is 1. The number of hydrogen-bond donors (Lipinski definition) is 1. The van der Waals surface area contributed by atoms with Gasteiger partial charge < -0.3 is 20.0 Å². The Kier molecular flexibility index (Phi) is 5.64. The molecule has 3 heterocycles. The molecule has 0 radical (unpaired) electrons. The van der Waals surface area contributed by atoms with Gasteiger partial charge in [-0.2, -0.15) is 5.10 Å². The second kappa shape index (κ2) is 7.74. The summed E-state index contributed by atoms with van der Waals surface area (Å²) in [5.74, 6) is 0.626. The van der Waals surface area contributed by atoms with Crippen molar-refractivity contribution in [3.8, 4) is 0 Å². The molecule has 2 saturated heterocycles. The second-order valence-corrected chi connectivity index (χ2v) is 7.83. The van der Waals surface area contributed by atoms with Crippen molar-refractivity contribution >= 4 is 6.03 Å². The first-order valence-electron chi connectivity index (χ1n) is 9.33. The van der Waals surface area contributed by atoms with Crippen molar-refractivity contribution in [1.29, 1.82) is 0 Å². The zero-order valence-electron chi connectivity index (χ0n) is 16.0. The predicted octanol–water partition coefficient (Wildman–Crippen LogP) is 1.15. The van der Waals surface area contributed by atoms with Gasteiger partial charge in [0.1, 0.15) is 0 Å². The van der Waals surface area contributed by atoms with Crippen molar-refractivity contribution in [3.05, 3.63) is 18.0 Å². The van der Waals surface area contributed by atoms with Crippen molar-refractivity contribution in [1.82, 2.24) is 29.8 Å². The molecule has 0 bridgehead atoms. The van der Waals surface area contributed by atoms with Gasteiger partial charge in [-0.05, 0) is 52.9 Å². The van der Waals surface area contributed by atoms with Crippen LogP contribution in [0.15, 0.2) is 12.4 Å². The molecule has 1 N–H and O–H groups in total. The van der Waals surface area contributed by atoms with E-state index in [2.05, 4.69) is 32.2 Å². The molecule has 2 fully saturated rings. The lowest BCUT2D eigenvalue weighted by Crippen LogP contribution is -2.57. The van der Waals surface area contributed by atoms with Crippen LogP contribution in [0.5, 0.6) is 0 Å². The van der Waals surface area contributed by atoms with Gasteiger partial charge in [-0.15, -0.1) is 0 Å². The first-order valence-corrected chi connectivity index (χ1v) is 9.33. The lowest BCUT2D eigenvalue weighted by atomic mass is 9.84. The summed E-state index contributed by atoms with van der Waals surface area (Å²) in [6.07, 6.45) is 7.35. The Morgan fingerprint density at radius 3 is 2.84 bits per heavy atom. The summed E-state index contributed by atoms with van der Waals surface area (Å²) in [6.45, 7) is 3.69. The van der Waals surface area contributed by atoms with Crippen LogP contribution in [0.2, 0.25) is 0 Å². The average Bonchev–Trinajstić information content (AvgIpc) is 2.99. The molecule has 140 valence electrons. The van der Waals surface area contributed by atoms with Gasteiger partial charge in [0, 0.05) is 44.5 Å². The first kappa shape index (κ1) is 18.2. The molecule has 7 nitrogen and oxygen atoms in total. The Bertz CT molecular complexity index is 586. The summed E-state index contributed by atoms with van der Waals surface area (Å²) in [7, 11) is 8.18. The molecule has 3 rings (SSSR count). The smallest absolute Gasteiger partial charge is 0.317 e. The minimum absolute atomic E-state index is 0.0926. The minimum Gasteiger partial charge on any atom is -0.336 e. The summed E-state index contributed by atoms with van der Waals surface area (Å²) < 4.78 is 1.81. The molecule has 2 aliphatic rings. The molecule has 0 aromatic carbocycles. The monoisotopic (exact) mass is 348 g/mol. The van der Waals surface area contributed by atoms with Gasteiger partial charge >= 0.3 is 6.03 Å². The predicted molar refractivity (Wildman–Crippen MR) is 98.4 cm³/mol. The Morgan fingerprint density at radius 1 is 1.36 bits per heavy atom. The average molecular weight is 348 g/mol. The van der Waals surface area contributed by atoms with Crippen LogP contribution >= 0.6 is 0 Å². The van der Waals surface area contributed by atoms with Crippen LogP contribution < -0.4 is 5.32 Å².